The Morgan fingerprint density at radius 1 is 1.23 bits per heavy atom. The van der Waals surface area contributed by atoms with Crippen LogP contribution in [0.4, 0.5) is 0 Å². The minimum absolute atomic E-state index is 0.0144. The highest BCUT2D eigenvalue weighted by Crippen LogP contribution is 2.45. The summed E-state index contributed by atoms with van der Waals surface area (Å²) < 4.78 is 28.2. The van der Waals surface area contributed by atoms with Gasteiger partial charge < -0.3 is 5.11 Å². The van der Waals surface area contributed by atoms with Gasteiger partial charge in [-0.05, 0) is 52.4 Å². The molecule has 3 rings (SSSR count). The van der Waals surface area contributed by atoms with E-state index in [0.717, 1.165) is 33.5 Å². The van der Waals surface area contributed by atoms with E-state index in [9.17, 15) is 13.5 Å². The molecule has 1 aromatic carbocycles. The third-order valence-corrected chi connectivity index (χ3v) is 7.39. The molecule has 0 bridgehead atoms. The van der Waals surface area contributed by atoms with Crippen LogP contribution in [-0.2, 0) is 15.6 Å². The SMILES string of the molecule is O=S(=O)(NC[C@@](O)(c1ccccc1)C1CC1)c1ccc(Br)s1. The van der Waals surface area contributed by atoms with Gasteiger partial charge in [0.2, 0.25) is 10.0 Å². The highest BCUT2D eigenvalue weighted by Gasteiger charge is 2.45. The van der Waals surface area contributed by atoms with E-state index in [1.165, 1.54) is 0 Å². The van der Waals surface area contributed by atoms with Crippen LogP contribution in [0.2, 0.25) is 0 Å². The molecule has 1 aliphatic rings. The average Bonchev–Trinajstić information content (AvgIpc) is 3.28. The third kappa shape index (κ3) is 3.28. The van der Waals surface area contributed by atoms with Gasteiger partial charge in [-0.15, -0.1) is 11.3 Å². The van der Waals surface area contributed by atoms with E-state index in [-0.39, 0.29) is 16.7 Å². The van der Waals surface area contributed by atoms with Gasteiger partial charge in [-0.25, -0.2) is 13.1 Å². The van der Waals surface area contributed by atoms with Crippen molar-refractivity contribution in [3.8, 4) is 0 Å². The van der Waals surface area contributed by atoms with Crippen LogP contribution in [0.3, 0.4) is 0 Å². The summed E-state index contributed by atoms with van der Waals surface area (Å²) in [6, 6.07) is 12.5. The quantitative estimate of drug-likeness (QED) is 0.781. The zero-order valence-electron chi connectivity index (χ0n) is 11.7. The van der Waals surface area contributed by atoms with Crippen LogP contribution in [0.25, 0.3) is 0 Å². The molecule has 0 aliphatic heterocycles. The second-order valence-corrected chi connectivity index (χ2v) is 9.90. The Balaban J connectivity index is 1.81. The standard InChI is InChI=1S/C15H16BrNO3S2/c16-13-8-9-14(21-13)22(19,20)17-10-15(18,12-6-7-12)11-4-2-1-3-5-11/h1-5,8-9,12,17-18H,6-7,10H2/t15-/m1/s1. The van der Waals surface area contributed by atoms with Crippen molar-refractivity contribution < 1.29 is 13.5 Å². The lowest BCUT2D eigenvalue weighted by molar-refractivity contribution is 0.0185. The van der Waals surface area contributed by atoms with Crippen LogP contribution in [0.5, 0.6) is 0 Å². The van der Waals surface area contributed by atoms with Crippen molar-refractivity contribution >= 4 is 37.3 Å². The normalized spacial score (nSPS) is 18.1. The van der Waals surface area contributed by atoms with Crippen LogP contribution < -0.4 is 4.72 Å². The summed E-state index contributed by atoms with van der Waals surface area (Å²) in [5.74, 6) is 0.104. The molecule has 7 heteroatoms. The first-order chi connectivity index (χ1) is 10.4. The zero-order chi connectivity index (χ0) is 15.8. The van der Waals surface area contributed by atoms with E-state index in [2.05, 4.69) is 20.7 Å². The number of rotatable bonds is 6. The van der Waals surface area contributed by atoms with Crippen LogP contribution in [-0.4, -0.2) is 20.1 Å². The predicted octanol–water partition coefficient (Wildman–Crippen LogP) is 3.09. The average molecular weight is 402 g/mol. The lowest BCUT2D eigenvalue weighted by Crippen LogP contribution is -2.42. The van der Waals surface area contributed by atoms with Gasteiger partial charge in [0.25, 0.3) is 0 Å². The molecule has 0 amide bonds. The van der Waals surface area contributed by atoms with Gasteiger partial charge in [0.05, 0.1) is 3.79 Å². The summed E-state index contributed by atoms with van der Waals surface area (Å²) in [6.45, 7) is -0.0144. The minimum Gasteiger partial charge on any atom is -0.383 e. The van der Waals surface area contributed by atoms with Crippen molar-refractivity contribution in [3.05, 3.63) is 51.8 Å². The Hall–Kier alpha value is -0.730. The first-order valence-electron chi connectivity index (χ1n) is 6.95. The van der Waals surface area contributed by atoms with Crippen molar-refractivity contribution in [3.63, 3.8) is 0 Å². The van der Waals surface area contributed by atoms with Crippen molar-refractivity contribution in [1.82, 2.24) is 4.72 Å². The first kappa shape index (κ1) is 16.1. The van der Waals surface area contributed by atoms with E-state index in [4.69, 9.17) is 0 Å². The molecule has 0 saturated heterocycles. The minimum atomic E-state index is -3.61. The van der Waals surface area contributed by atoms with Gasteiger partial charge in [0, 0.05) is 6.54 Å². The number of nitrogens with one attached hydrogen (secondary N) is 1. The third-order valence-electron chi connectivity index (χ3n) is 3.87. The Morgan fingerprint density at radius 3 is 2.45 bits per heavy atom. The van der Waals surface area contributed by atoms with Crippen molar-refractivity contribution in [2.75, 3.05) is 6.54 Å². The van der Waals surface area contributed by atoms with Gasteiger partial charge in [-0.1, -0.05) is 30.3 Å². The van der Waals surface area contributed by atoms with Crippen molar-refractivity contribution in [2.24, 2.45) is 5.92 Å². The number of aliphatic hydroxyl groups is 1. The van der Waals surface area contributed by atoms with Gasteiger partial charge in [-0.3, -0.25) is 0 Å². The summed E-state index contributed by atoms with van der Waals surface area (Å²) in [4.78, 5) is 0. The number of benzene rings is 1. The summed E-state index contributed by atoms with van der Waals surface area (Å²) in [5.41, 5.74) is -0.393. The zero-order valence-corrected chi connectivity index (χ0v) is 14.9. The number of halogens is 1. The van der Waals surface area contributed by atoms with Crippen molar-refractivity contribution in [2.45, 2.75) is 22.7 Å². The van der Waals surface area contributed by atoms with Gasteiger partial charge in [0.1, 0.15) is 9.81 Å². The summed E-state index contributed by atoms with van der Waals surface area (Å²) >= 11 is 4.41. The molecule has 2 aromatic rings. The van der Waals surface area contributed by atoms with E-state index < -0.39 is 15.6 Å². The molecule has 1 atom stereocenters. The fraction of sp³-hybridized carbons (Fsp3) is 0.333. The molecule has 1 heterocycles. The topological polar surface area (TPSA) is 66.4 Å². The summed E-state index contributed by atoms with van der Waals surface area (Å²) in [7, 11) is -3.61. The van der Waals surface area contributed by atoms with E-state index in [1.54, 1.807) is 12.1 Å². The van der Waals surface area contributed by atoms with E-state index in [1.807, 2.05) is 30.3 Å². The van der Waals surface area contributed by atoms with Gasteiger partial charge in [-0.2, -0.15) is 0 Å². The molecular formula is C15H16BrNO3S2. The van der Waals surface area contributed by atoms with Crippen LogP contribution in [0.15, 0.2) is 50.5 Å². The largest absolute Gasteiger partial charge is 0.383 e. The molecule has 1 aromatic heterocycles. The number of hydrogen-bond acceptors (Lipinski definition) is 4. The highest BCUT2D eigenvalue weighted by molar-refractivity contribution is 9.11. The lowest BCUT2D eigenvalue weighted by atomic mass is 9.89. The van der Waals surface area contributed by atoms with Gasteiger partial charge >= 0.3 is 0 Å². The Bertz CT molecular complexity index is 756. The molecule has 0 spiro atoms. The molecule has 118 valence electrons. The first-order valence-corrected chi connectivity index (χ1v) is 10.0. The molecule has 1 saturated carbocycles. The second kappa shape index (κ2) is 6.05. The van der Waals surface area contributed by atoms with E-state index in [0.29, 0.717) is 0 Å². The Kier molecular flexibility index (Phi) is 4.44. The molecule has 0 unspecified atom stereocenters. The van der Waals surface area contributed by atoms with Crippen LogP contribution in [0, 0.1) is 5.92 Å². The summed E-state index contributed by atoms with van der Waals surface area (Å²) in [5, 5.41) is 11.0. The second-order valence-electron chi connectivity index (χ2n) is 5.45. The van der Waals surface area contributed by atoms with Crippen LogP contribution >= 0.6 is 27.3 Å². The maximum absolute atomic E-state index is 12.3. The molecule has 2 N–H and O–H groups in total. The molecule has 1 fully saturated rings. The Morgan fingerprint density at radius 2 is 1.91 bits per heavy atom. The fourth-order valence-corrected chi connectivity index (χ4v) is 5.61. The number of hydrogen-bond donors (Lipinski definition) is 2. The molecule has 4 nitrogen and oxygen atoms in total. The van der Waals surface area contributed by atoms with Crippen LogP contribution in [0.1, 0.15) is 18.4 Å². The smallest absolute Gasteiger partial charge is 0.250 e. The Labute approximate surface area is 142 Å². The molecular weight excluding hydrogens is 386 g/mol. The monoisotopic (exact) mass is 401 g/mol. The molecule has 22 heavy (non-hydrogen) atoms. The summed E-state index contributed by atoms with van der Waals surface area (Å²) in [6.07, 6.45) is 1.83. The predicted molar refractivity (Wildman–Crippen MR) is 90.3 cm³/mol. The van der Waals surface area contributed by atoms with E-state index >= 15 is 0 Å². The fourth-order valence-electron chi connectivity index (χ4n) is 2.49. The lowest BCUT2D eigenvalue weighted by Gasteiger charge is -2.29. The van der Waals surface area contributed by atoms with Crippen molar-refractivity contribution in [1.29, 1.82) is 0 Å². The molecule has 1 aliphatic carbocycles. The highest BCUT2D eigenvalue weighted by atomic mass is 79.9. The number of sulfonamides is 1. The maximum Gasteiger partial charge on any atom is 0.250 e. The maximum atomic E-state index is 12.3. The number of thiophene rings is 1. The molecule has 0 radical (unpaired) electrons. The van der Waals surface area contributed by atoms with Gasteiger partial charge in [0.15, 0.2) is 0 Å².